The minimum Gasteiger partial charge on any atom is -0.444 e. The van der Waals surface area contributed by atoms with Crippen molar-refractivity contribution in [3.8, 4) is 0 Å². The van der Waals surface area contributed by atoms with E-state index >= 15 is 0 Å². The molecule has 4 nitrogen and oxygen atoms in total. The Bertz CT molecular complexity index is 503. The number of rotatable bonds is 2. The summed E-state index contributed by atoms with van der Waals surface area (Å²) in [6, 6.07) is 5.92. The van der Waals surface area contributed by atoms with Crippen LogP contribution in [0.25, 0.3) is 0 Å². The second kappa shape index (κ2) is 5.03. The molecule has 2 rings (SSSR count). The van der Waals surface area contributed by atoms with Crippen LogP contribution in [0.2, 0.25) is 0 Å². The Kier molecular flexibility index (Phi) is 3.60. The molecule has 0 spiro atoms. The van der Waals surface area contributed by atoms with Crippen molar-refractivity contribution < 1.29 is 14.3 Å². The molecule has 1 amide bonds. The van der Waals surface area contributed by atoms with E-state index in [1.807, 2.05) is 39.0 Å². The SMILES string of the molecule is CC(C)(C)OC(=O)N1Cc2ccc(CC=O)cc2C1. The van der Waals surface area contributed by atoms with Crippen molar-refractivity contribution in [3.63, 3.8) is 0 Å². The van der Waals surface area contributed by atoms with Crippen LogP contribution in [0.4, 0.5) is 4.79 Å². The summed E-state index contributed by atoms with van der Waals surface area (Å²) >= 11 is 0. The van der Waals surface area contributed by atoms with Crippen molar-refractivity contribution in [1.82, 2.24) is 4.90 Å². The molecule has 0 saturated carbocycles. The fourth-order valence-corrected chi connectivity index (χ4v) is 2.13. The number of carbonyl (C=O) groups is 2. The van der Waals surface area contributed by atoms with Gasteiger partial charge in [-0.05, 0) is 37.5 Å². The lowest BCUT2D eigenvalue weighted by Gasteiger charge is -2.24. The van der Waals surface area contributed by atoms with Crippen LogP contribution in [0.15, 0.2) is 18.2 Å². The lowest BCUT2D eigenvalue weighted by Crippen LogP contribution is -2.33. The zero-order chi connectivity index (χ0) is 14.0. The molecule has 0 fully saturated rings. The molecule has 1 aliphatic rings. The van der Waals surface area contributed by atoms with Gasteiger partial charge in [-0.25, -0.2) is 4.79 Å². The normalized spacial score (nSPS) is 14.2. The molecule has 0 N–H and O–H groups in total. The Hall–Kier alpha value is -1.84. The van der Waals surface area contributed by atoms with Crippen LogP contribution in [0.5, 0.6) is 0 Å². The predicted octanol–water partition coefficient (Wildman–Crippen LogP) is 2.68. The molecule has 0 radical (unpaired) electrons. The second-order valence-corrected chi connectivity index (χ2v) is 5.81. The fourth-order valence-electron chi connectivity index (χ4n) is 2.13. The summed E-state index contributed by atoms with van der Waals surface area (Å²) in [5.74, 6) is 0. The topological polar surface area (TPSA) is 46.6 Å². The van der Waals surface area contributed by atoms with Gasteiger partial charge in [0.2, 0.25) is 0 Å². The van der Waals surface area contributed by atoms with E-state index in [-0.39, 0.29) is 6.09 Å². The van der Waals surface area contributed by atoms with Crippen LogP contribution in [0.3, 0.4) is 0 Å². The molecule has 0 aliphatic carbocycles. The van der Waals surface area contributed by atoms with E-state index in [0.717, 1.165) is 23.0 Å². The first-order chi connectivity index (χ1) is 8.89. The van der Waals surface area contributed by atoms with Crippen molar-refractivity contribution in [2.75, 3.05) is 0 Å². The van der Waals surface area contributed by atoms with E-state index in [1.54, 1.807) is 4.90 Å². The number of benzene rings is 1. The highest BCUT2D eigenvalue weighted by atomic mass is 16.6. The minimum atomic E-state index is -0.478. The summed E-state index contributed by atoms with van der Waals surface area (Å²) in [7, 11) is 0. The Morgan fingerprint density at radius 3 is 2.63 bits per heavy atom. The molecule has 102 valence electrons. The molecular weight excluding hydrogens is 242 g/mol. The summed E-state index contributed by atoms with van der Waals surface area (Å²) < 4.78 is 5.36. The zero-order valence-corrected chi connectivity index (χ0v) is 11.6. The number of fused-ring (bicyclic) bond motifs is 1. The summed E-state index contributed by atoms with van der Waals surface area (Å²) in [4.78, 5) is 24.2. The first-order valence-corrected chi connectivity index (χ1v) is 6.41. The molecule has 4 heteroatoms. The highest BCUT2D eigenvalue weighted by Gasteiger charge is 2.27. The smallest absolute Gasteiger partial charge is 0.410 e. The van der Waals surface area contributed by atoms with Crippen molar-refractivity contribution in [2.45, 2.75) is 45.9 Å². The zero-order valence-electron chi connectivity index (χ0n) is 11.6. The average molecular weight is 261 g/mol. The number of nitrogens with zero attached hydrogens (tertiary/aromatic N) is 1. The van der Waals surface area contributed by atoms with Crippen molar-refractivity contribution >= 4 is 12.4 Å². The number of hydrogen-bond acceptors (Lipinski definition) is 3. The van der Waals surface area contributed by atoms with Crippen LogP contribution < -0.4 is 0 Å². The van der Waals surface area contributed by atoms with Gasteiger partial charge in [0, 0.05) is 19.5 Å². The van der Waals surface area contributed by atoms with Gasteiger partial charge in [0.05, 0.1) is 0 Å². The number of ether oxygens (including phenoxy) is 1. The van der Waals surface area contributed by atoms with Crippen molar-refractivity contribution in [2.24, 2.45) is 0 Å². The number of hydrogen-bond donors (Lipinski definition) is 0. The summed E-state index contributed by atoms with van der Waals surface area (Å²) in [5.41, 5.74) is 2.74. The van der Waals surface area contributed by atoms with Crippen LogP contribution in [0.1, 0.15) is 37.5 Å². The van der Waals surface area contributed by atoms with Gasteiger partial charge in [-0.1, -0.05) is 18.2 Å². The molecule has 0 aromatic heterocycles. The molecule has 19 heavy (non-hydrogen) atoms. The van der Waals surface area contributed by atoms with E-state index in [2.05, 4.69) is 0 Å². The lowest BCUT2D eigenvalue weighted by molar-refractivity contribution is -0.107. The standard InChI is InChI=1S/C15H19NO3/c1-15(2,3)19-14(18)16-9-12-5-4-11(6-7-17)8-13(12)10-16/h4-5,7-8H,6,9-10H2,1-3H3. The molecule has 0 bridgehead atoms. The van der Waals surface area contributed by atoms with E-state index < -0.39 is 5.60 Å². The molecule has 0 unspecified atom stereocenters. The van der Waals surface area contributed by atoms with E-state index in [0.29, 0.717) is 19.5 Å². The van der Waals surface area contributed by atoms with E-state index in [9.17, 15) is 9.59 Å². The van der Waals surface area contributed by atoms with Gasteiger partial charge in [0.25, 0.3) is 0 Å². The molecule has 0 saturated heterocycles. The maximum absolute atomic E-state index is 12.0. The molecule has 0 atom stereocenters. The largest absolute Gasteiger partial charge is 0.444 e. The van der Waals surface area contributed by atoms with E-state index in [4.69, 9.17) is 4.74 Å². The van der Waals surface area contributed by atoms with Gasteiger partial charge in [0.15, 0.2) is 0 Å². The Morgan fingerprint density at radius 1 is 1.32 bits per heavy atom. The van der Waals surface area contributed by atoms with Gasteiger partial charge >= 0.3 is 6.09 Å². The van der Waals surface area contributed by atoms with Gasteiger partial charge < -0.3 is 9.53 Å². The summed E-state index contributed by atoms with van der Waals surface area (Å²) in [6.07, 6.45) is 1.02. The van der Waals surface area contributed by atoms with Gasteiger partial charge in [-0.2, -0.15) is 0 Å². The number of amides is 1. The summed E-state index contributed by atoms with van der Waals surface area (Å²) in [5, 5.41) is 0. The monoisotopic (exact) mass is 261 g/mol. The fraction of sp³-hybridized carbons (Fsp3) is 0.467. The third kappa shape index (κ3) is 3.34. The first kappa shape index (κ1) is 13.6. The van der Waals surface area contributed by atoms with Gasteiger partial charge in [-0.3, -0.25) is 4.90 Å². The Morgan fingerprint density at radius 2 is 2.00 bits per heavy atom. The number of aldehydes is 1. The number of carbonyl (C=O) groups excluding carboxylic acids is 2. The lowest BCUT2D eigenvalue weighted by atomic mass is 10.1. The van der Waals surface area contributed by atoms with E-state index in [1.165, 1.54) is 0 Å². The Labute approximate surface area is 113 Å². The summed E-state index contributed by atoms with van der Waals surface area (Å²) in [6.45, 7) is 6.70. The molecular formula is C15H19NO3. The third-order valence-electron chi connectivity index (χ3n) is 2.96. The van der Waals surface area contributed by atoms with Crippen LogP contribution in [0, 0.1) is 0 Å². The van der Waals surface area contributed by atoms with Crippen molar-refractivity contribution in [1.29, 1.82) is 0 Å². The van der Waals surface area contributed by atoms with Gasteiger partial charge in [-0.15, -0.1) is 0 Å². The van der Waals surface area contributed by atoms with Crippen LogP contribution >= 0.6 is 0 Å². The Balaban J connectivity index is 2.07. The van der Waals surface area contributed by atoms with Crippen molar-refractivity contribution in [3.05, 3.63) is 34.9 Å². The van der Waals surface area contributed by atoms with Crippen LogP contribution in [-0.2, 0) is 29.0 Å². The third-order valence-corrected chi connectivity index (χ3v) is 2.96. The highest BCUT2D eigenvalue weighted by molar-refractivity contribution is 5.69. The molecule has 1 aromatic rings. The van der Waals surface area contributed by atoms with Gasteiger partial charge in [0.1, 0.15) is 11.9 Å². The van der Waals surface area contributed by atoms with Crippen LogP contribution in [-0.4, -0.2) is 22.9 Å². The quantitative estimate of drug-likeness (QED) is 0.769. The highest BCUT2D eigenvalue weighted by Crippen LogP contribution is 2.25. The average Bonchev–Trinajstić information content (AvgIpc) is 2.70. The minimum absolute atomic E-state index is 0.291. The molecule has 1 aromatic carbocycles. The maximum atomic E-state index is 12.0. The first-order valence-electron chi connectivity index (χ1n) is 6.41. The second-order valence-electron chi connectivity index (χ2n) is 5.81. The maximum Gasteiger partial charge on any atom is 0.410 e. The predicted molar refractivity (Wildman–Crippen MR) is 71.7 cm³/mol. The molecule has 1 heterocycles. The molecule has 1 aliphatic heterocycles.